The third-order valence-electron chi connectivity index (χ3n) is 5.04. The number of aliphatic hydroxyl groups is 1. The summed E-state index contributed by atoms with van der Waals surface area (Å²) in [5.41, 5.74) is 1.08. The molecule has 1 aliphatic heterocycles. The van der Waals surface area contributed by atoms with Crippen molar-refractivity contribution in [3.05, 3.63) is 92.1 Å². The van der Waals surface area contributed by atoms with Gasteiger partial charge in [0.25, 0.3) is 11.7 Å². The van der Waals surface area contributed by atoms with Crippen LogP contribution in [0.2, 0.25) is 10.0 Å². The third-order valence-corrected chi connectivity index (χ3v) is 6.07. The van der Waals surface area contributed by atoms with E-state index in [2.05, 4.69) is 20.9 Å². The molecule has 2 heterocycles. The van der Waals surface area contributed by atoms with Gasteiger partial charge in [0.05, 0.1) is 29.3 Å². The molecule has 3 aromatic rings. The Morgan fingerprint density at radius 2 is 1.75 bits per heavy atom. The van der Waals surface area contributed by atoms with Gasteiger partial charge in [0.15, 0.2) is 0 Å². The average Bonchev–Trinajstić information content (AvgIpc) is 3.04. The first-order valence-corrected chi connectivity index (χ1v) is 10.9. The summed E-state index contributed by atoms with van der Waals surface area (Å²) < 4.78 is 6.15. The minimum Gasteiger partial charge on any atom is -0.507 e. The summed E-state index contributed by atoms with van der Waals surface area (Å²) in [4.78, 5) is 31.7. The number of anilines is 1. The molecule has 2 aromatic carbocycles. The molecule has 1 aromatic heterocycles. The molecule has 1 atom stereocenters. The fraction of sp³-hybridized carbons (Fsp3) is 0.0870. The fourth-order valence-corrected chi connectivity index (χ4v) is 4.49. The van der Waals surface area contributed by atoms with Crippen molar-refractivity contribution in [3.8, 4) is 5.75 Å². The largest absolute Gasteiger partial charge is 0.507 e. The van der Waals surface area contributed by atoms with Gasteiger partial charge in [-0.05, 0) is 54.1 Å². The van der Waals surface area contributed by atoms with E-state index in [1.54, 1.807) is 48.8 Å². The van der Waals surface area contributed by atoms with Crippen LogP contribution in [0, 0.1) is 0 Å². The van der Waals surface area contributed by atoms with Gasteiger partial charge in [-0.1, -0.05) is 39.1 Å². The van der Waals surface area contributed by atoms with E-state index in [1.165, 1.54) is 24.1 Å². The molecular weight excluding hydrogens is 519 g/mol. The first-order chi connectivity index (χ1) is 15.3. The number of ketones is 1. The Balaban J connectivity index is 1.99. The van der Waals surface area contributed by atoms with Gasteiger partial charge < -0.3 is 9.84 Å². The van der Waals surface area contributed by atoms with E-state index >= 15 is 0 Å². The van der Waals surface area contributed by atoms with Gasteiger partial charge in [-0.15, -0.1) is 0 Å². The summed E-state index contributed by atoms with van der Waals surface area (Å²) >= 11 is 15.7. The van der Waals surface area contributed by atoms with E-state index < -0.39 is 23.5 Å². The zero-order valence-corrected chi connectivity index (χ0v) is 19.6. The van der Waals surface area contributed by atoms with E-state index in [1.807, 2.05) is 0 Å². The smallest absolute Gasteiger partial charge is 0.300 e. The van der Waals surface area contributed by atoms with Gasteiger partial charge in [-0.2, -0.15) is 0 Å². The molecule has 162 valence electrons. The lowest BCUT2D eigenvalue weighted by Gasteiger charge is -2.25. The number of hydrogen-bond acceptors (Lipinski definition) is 5. The number of benzene rings is 2. The second kappa shape index (κ2) is 8.94. The lowest BCUT2D eigenvalue weighted by Crippen LogP contribution is -2.29. The highest BCUT2D eigenvalue weighted by atomic mass is 79.9. The predicted octanol–water partition coefficient (Wildman–Crippen LogP) is 5.79. The number of aromatic nitrogens is 1. The van der Waals surface area contributed by atoms with Crippen LogP contribution in [0.25, 0.3) is 5.76 Å². The molecule has 0 radical (unpaired) electrons. The van der Waals surface area contributed by atoms with Gasteiger partial charge in [0.2, 0.25) is 0 Å². The van der Waals surface area contributed by atoms with Crippen LogP contribution in [0.3, 0.4) is 0 Å². The van der Waals surface area contributed by atoms with Crippen LogP contribution < -0.4 is 9.64 Å². The van der Waals surface area contributed by atoms with Crippen molar-refractivity contribution in [3.63, 3.8) is 0 Å². The summed E-state index contributed by atoms with van der Waals surface area (Å²) in [5.74, 6) is -1.92. The van der Waals surface area contributed by atoms with Gasteiger partial charge in [-0.25, -0.2) is 0 Å². The number of ether oxygens (including phenoxy) is 1. The standard InChI is InChI=1S/C23H15BrCl2N2O4/c1-32-22-16(10-14(25)11-17(22)26)20(29)18-19(12-6-8-27-9-7-12)28(23(31)21(18)30)15-4-2-13(24)3-5-15/h2-11,19,29H,1H3/b20-18+. The molecule has 1 amide bonds. The predicted molar refractivity (Wildman–Crippen MR) is 126 cm³/mol. The maximum Gasteiger partial charge on any atom is 0.300 e. The van der Waals surface area contributed by atoms with Crippen molar-refractivity contribution in [2.24, 2.45) is 0 Å². The van der Waals surface area contributed by atoms with E-state index in [-0.39, 0.29) is 26.9 Å². The molecule has 1 saturated heterocycles. The van der Waals surface area contributed by atoms with Crippen molar-refractivity contribution in [1.29, 1.82) is 0 Å². The topological polar surface area (TPSA) is 79.7 Å². The summed E-state index contributed by atoms with van der Waals surface area (Å²) in [5, 5.41) is 11.7. The number of hydrogen-bond donors (Lipinski definition) is 1. The number of amides is 1. The SMILES string of the molecule is COc1c(Cl)cc(Cl)cc1/C(O)=C1\C(=O)C(=O)N(c2ccc(Br)cc2)C1c1ccncc1. The molecule has 1 N–H and O–H groups in total. The fourth-order valence-electron chi connectivity index (χ4n) is 3.65. The zero-order valence-electron chi connectivity index (χ0n) is 16.6. The molecule has 1 fully saturated rings. The Morgan fingerprint density at radius 1 is 1.09 bits per heavy atom. The Labute approximate surface area is 202 Å². The Bertz CT molecular complexity index is 1250. The monoisotopic (exact) mass is 532 g/mol. The summed E-state index contributed by atoms with van der Waals surface area (Å²) in [7, 11) is 1.38. The van der Waals surface area contributed by atoms with E-state index in [9.17, 15) is 14.7 Å². The van der Waals surface area contributed by atoms with E-state index in [0.29, 0.717) is 11.3 Å². The number of carbonyl (C=O) groups is 2. The molecule has 4 rings (SSSR count). The molecule has 0 bridgehead atoms. The maximum atomic E-state index is 13.2. The summed E-state index contributed by atoms with van der Waals surface area (Å²) in [6.45, 7) is 0. The van der Waals surface area contributed by atoms with Crippen molar-refractivity contribution in [1.82, 2.24) is 4.98 Å². The van der Waals surface area contributed by atoms with Crippen LogP contribution in [0.1, 0.15) is 17.2 Å². The molecule has 0 saturated carbocycles. The number of Topliss-reactive ketones (excluding diaryl/α,β-unsaturated/α-hetero) is 1. The normalized spacial score (nSPS) is 17.6. The molecule has 9 heteroatoms. The number of methoxy groups -OCH3 is 1. The number of pyridine rings is 1. The minimum atomic E-state index is -0.901. The lowest BCUT2D eigenvalue weighted by molar-refractivity contribution is -0.132. The van der Waals surface area contributed by atoms with Crippen LogP contribution in [0.5, 0.6) is 5.75 Å². The van der Waals surface area contributed by atoms with Gasteiger partial charge in [0, 0.05) is 27.6 Å². The van der Waals surface area contributed by atoms with Crippen molar-refractivity contribution in [2.75, 3.05) is 12.0 Å². The first-order valence-electron chi connectivity index (χ1n) is 9.33. The lowest BCUT2D eigenvalue weighted by atomic mass is 9.95. The van der Waals surface area contributed by atoms with E-state index in [0.717, 1.165) is 4.47 Å². The summed E-state index contributed by atoms with van der Waals surface area (Å²) in [6, 6.07) is 12.3. The Hall–Kier alpha value is -2.87. The second-order valence-corrected chi connectivity index (χ2v) is 8.65. The molecular formula is C23H15BrCl2N2O4. The highest BCUT2D eigenvalue weighted by Gasteiger charge is 2.47. The van der Waals surface area contributed by atoms with Crippen LogP contribution in [0.15, 0.2) is 71.0 Å². The third kappa shape index (κ3) is 3.88. The maximum absolute atomic E-state index is 13.2. The molecule has 0 aliphatic carbocycles. The summed E-state index contributed by atoms with van der Waals surface area (Å²) in [6.07, 6.45) is 3.10. The van der Waals surface area contributed by atoms with Crippen molar-refractivity contribution in [2.45, 2.75) is 6.04 Å². The van der Waals surface area contributed by atoms with Crippen molar-refractivity contribution >= 4 is 62.3 Å². The van der Waals surface area contributed by atoms with Crippen LogP contribution >= 0.6 is 39.1 Å². The highest BCUT2D eigenvalue weighted by Crippen LogP contribution is 2.44. The highest BCUT2D eigenvalue weighted by molar-refractivity contribution is 9.10. The second-order valence-electron chi connectivity index (χ2n) is 6.89. The number of halogens is 3. The molecule has 1 aliphatic rings. The van der Waals surface area contributed by atoms with Crippen LogP contribution in [0.4, 0.5) is 5.69 Å². The minimum absolute atomic E-state index is 0.109. The van der Waals surface area contributed by atoms with Gasteiger partial charge in [-0.3, -0.25) is 19.5 Å². The van der Waals surface area contributed by atoms with Gasteiger partial charge >= 0.3 is 0 Å². The van der Waals surface area contributed by atoms with Crippen LogP contribution in [-0.2, 0) is 9.59 Å². The van der Waals surface area contributed by atoms with Crippen molar-refractivity contribution < 1.29 is 19.4 Å². The number of rotatable bonds is 4. The molecule has 6 nitrogen and oxygen atoms in total. The zero-order chi connectivity index (χ0) is 23.0. The number of aliphatic hydroxyl groups excluding tert-OH is 1. The van der Waals surface area contributed by atoms with Crippen LogP contribution in [-0.4, -0.2) is 28.9 Å². The molecule has 0 spiro atoms. The average molecular weight is 534 g/mol. The number of nitrogens with zero attached hydrogens (tertiary/aromatic N) is 2. The quantitative estimate of drug-likeness (QED) is 0.261. The Kier molecular flexibility index (Phi) is 6.24. The molecule has 32 heavy (non-hydrogen) atoms. The molecule has 1 unspecified atom stereocenters. The van der Waals surface area contributed by atoms with Gasteiger partial charge in [0.1, 0.15) is 11.5 Å². The Morgan fingerprint density at radius 3 is 2.38 bits per heavy atom. The van der Waals surface area contributed by atoms with E-state index in [4.69, 9.17) is 27.9 Å². The number of carbonyl (C=O) groups excluding carboxylic acids is 2. The first kappa shape index (κ1) is 22.3.